The SMILES string of the molecule is CC(C)(C)OC(=O)N1CC[C@H](SCc2nc3cc(NC4CCCC4)cc(F)c3c(=O)[nH]2)[C@@H](F)C1. The molecule has 2 aliphatic rings. The number of benzene rings is 1. The Balaban J connectivity index is 1.41. The van der Waals surface area contributed by atoms with Gasteiger partial charge in [-0.15, -0.1) is 11.8 Å². The first-order chi connectivity index (χ1) is 16.1. The maximum Gasteiger partial charge on any atom is 0.410 e. The number of nitrogens with zero attached hydrogens (tertiary/aromatic N) is 2. The van der Waals surface area contributed by atoms with Crippen LogP contribution in [0.4, 0.5) is 19.3 Å². The van der Waals surface area contributed by atoms with Crippen LogP contribution < -0.4 is 10.9 Å². The van der Waals surface area contributed by atoms with E-state index in [0.29, 0.717) is 30.5 Å². The highest BCUT2D eigenvalue weighted by atomic mass is 32.2. The van der Waals surface area contributed by atoms with Crippen molar-refractivity contribution in [3.05, 3.63) is 34.1 Å². The first kappa shape index (κ1) is 24.8. The van der Waals surface area contributed by atoms with Crippen LogP contribution in [0, 0.1) is 5.82 Å². The minimum atomic E-state index is -1.22. The molecule has 0 spiro atoms. The van der Waals surface area contributed by atoms with Gasteiger partial charge in [-0.1, -0.05) is 12.8 Å². The predicted octanol–water partition coefficient (Wildman–Crippen LogP) is 5.00. The van der Waals surface area contributed by atoms with Gasteiger partial charge in [-0.05, 0) is 52.2 Å². The van der Waals surface area contributed by atoms with Crippen LogP contribution in [0.3, 0.4) is 0 Å². The van der Waals surface area contributed by atoms with E-state index in [4.69, 9.17) is 4.74 Å². The van der Waals surface area contributed by atoms with Gasteiger partial charge in [0.15, 0.2) is 0 Å². The molecule has 4 rings (SSSR count). The summed E-state index contributed by atoms with van der Waals surface area (Å²) in [6, 6.07) is 3.36. The number of carbonyl (C=O) groups excluding carboxylic acids is 1. The molecular formula is C24H32F2N4O3S. The Morgan fingerprint density at radius 3 is 2.71 bits per heavy atom. The van der Waals surface area contributed by atoms with Crippen LogP contribution in [0.25, 0.3) is 10.9 Å². The highest BCUT2D eigenvalue weighted by Crippen LogP contribution is 2.30. The van der Waals surface area contributed by atoms with Crippen molar-refractivity contribution in [2.75, 3.05) is 18.4 Å². The number of H-pyrrole nitrogens is 1. The van der Waals surface area contributed by atoms with Gasteiger partial charge in [0.25, 0.3) is 5.56 Å². The van der Waals surface area contributed by atoms with Crippen molar-refractivity contribution in [2.45, 2.75) is 81.7 Å². The molecule has 1 aromatic heterocycles. The van der Waals surface area contributed by atoms with E-state index in [1.165, 1.54) is 22.7 Å². The summed E-state index contributed by atoms with van der Waals surface area (Å²) in [4.78, 5) is 33.2. The number of hydrogen-bond acceptors (Lipinski definition) is 6. The van der Waals surface area contributed by atoms with Gasteiger partial charge in [-0.3, -0.25) is 4.79 Å². The average Bonchev–Trinajstić information content (AvgIpc) is 3.24. The second-order valence-electron chi connectivity index (χ2n) is 10.1. The Morgan fingerprint density at radius 2 is 2.03 bits per heavy atom. The van der Waals surface area contributed by atoms with Gasteiger partial charge in [0.1, 0.15) is 28.8 Å². The predicted molar refractivity (Wildman–Crippen MR) is 131 cm³/mol. The monoisotopic (exact) mass is 494 g/mol. The first-order valence-corrected chi connectivity index (χ1v) is 12.9. The number of alkyl halides is 1. The number of piperidine rings is 1. The van der Waals surface area contributed by atoms with Gasteiger partial charge >= 0.3 is 6.09 Å². The number of nitrogens with one attached hydrogen (secondary N) is 2. The van der Waals surface area contributed by atoms with E-state index < -0.39 is 29.2 Å². The largest absolute Gasteiger partial charge is 0.444 e. The molecule has 1 saturated carbocycles. The third-order valence-corrected chi connectivity index (χ3v) is 7.50. The smallest absolute Gasteiger partial charge is 0.410 e. The Morgan fingerprint density at radius 1 is 1.29 bits per heavy atom. The Bertz CT molecular complexity index is 1100. The number of rotatable bonds is 5. The van der Waals surface area contributed by atoms with Crippen molar-refractivity contribution in [1.82, 2.24) is 14.9 Å². The van der Waals surface area contributed by atoms with E-state index in [-0.39, 0.29) is 28.5 Å². The maximum atomic E-state index is 14.8. The van der Waals surface area contributed by atoms with Gasteiger partial charge in [-0.25, -0.2) is 18.6 Å². The van der Waals surface area contributed by atoms with Crippen molar-refractivity contribution < 1.29 is 18.3 Å². The van der Waals surface area contributed by atoms with E-state index in [1.807, 2.05) is 0 Å². The van der Waals surface area contributed by atoms with Crippen molar-refractivity contribution in [3.8, 4) is 0 Å². The van der Waals surface area contributed by atoms with Crippen LogP contribution in [0.1, 0.15) is 58.7 Å². The Hall–Kier alpha value is -2.36. The fraction of sp³-hybridized carbons (Fsp3) is 0.625. The van der Waals surface area contributed by atoms with E-state index in [0.717, 1.165) is 25.7 Å². The number of carbonyl (C=O) groups is 1. The minimum Gasteiger partial charge on any atom is -0.444 e. The van der Waals surface area contributed by atoms with Crippen LogP contribution >= 0.6 is 11.8 Å². The zero-order chi connectivity index (χ0) is 24.5. The third kappa shape index (κ3) is 6.00. The van der Waals surface area contributed by atoms with Gasteiger partial charge in [-0.2, -0.15) is 0 Å². The summed E-state index contributed by atoms with van der Waals surface area (Å²) in [6.45, 7) is 5.69. The van der Waals surface area contributed by atoms with Gasteiger partial charge < -0.3 is 19.9 Å². The topological polar surface area (TPSA) is 87.3 Å². The molecule has 1 aromatic carbocycles. The zero-order valence-corrected chi connectivity index (χ0v) is 20.6. The number of likely N-dealkylation sites (tertiary alicyclic amines) is 1. The molecule has 2 aromatic rings. The molecule has 2 N–H and O–H groups in total. The van der Waals surface area contributed by atoms with Crippen LogP contribution in [-0.2, 0) is 10.5 Å². The summed E-state index contributed by atoms with van der Waals surface area (Å²) in [5.41, 5.74) is -0.265. The van der Waals surface area contributed by atoms with E-state index in [9.17, 15) is 18.4 Å². The normalized spacial score (nSPS) is 21.7. The molecule has 10 heteroatoms. The molecule has 0 radical (unpaired) electrons. The lowest BCUT2D eigenvalue weighted by molar-refractivity contribution is 0.0146. The van der Waals surface area contributed by atoms with Crippen LogP contribution in [0.2, 0.25) is 0 Å². The van der Waals surface area contributed by atoms with Crippen LogP contribution in [0.5, 0.6) is 0 Å². The summed E-state index contributed by atoms with van der Waals surface area (Å²) in [7, 11) is 0. The number of ether oxygens (including phenoxy) is 1. The first-order valence-electron chi connectivity index (χ1n) is 11.8. The second kappa shape index (κ2) is 10.1. The second-order valence-corrected chi connectivity index (χ2v) is 11.3. The molecule has 2 heterocycles. The molecule has 0 bridgehead atoms. The van der Waals surface area contributed by atoms with E-state index in [1.54, 1.807) is 26.8 Å². The Kier molecular flexibility index (Phi) is 7.35. The quantitative estimate of drug-likeness (QED) is 0.609. The molecule has 186 valence electrons. The Labute approximate surface area is 202 Å². The fourth-order valence-electron chi connectivity index (χ4n) is 4.48. The molecule has 1 amide bonds. The number of hydrogen-bond donors (Lipinski definition) is 2. The number of fused-ring (bicyclic) bond motifs is 1. The highest BCUT2D eigenvalue weighted by Gasteiger charge is 2.34. The van der Waals surface area contributed by atoms with Crippen LogP contribution in [-0.4, -0.2) is 57.1 Å². The lowest BCUT2D eigenvalue weighted by Gasteiger charge is -2.35. The molecule has 2 atom stereocenters. The van der Waals surface area contributed by atoms with Crippen LogP contribution in [0.15, 0.2) is 16.9 Å². The number of amides is 1. The standard InChI is InChI=1S/C24H32F2N4O3S/c1-24(2,3)33-23(32)30-9-8-19(17(26)12-30)34-13-20-28-18-11-15(27-14-6-4-5-7-14)10-16(25)21(18)22(31)29-20/h10-11,14,17,19,27H,4-9,12-13H2,1-3H3,(H,28,29,31)/t17-,19-/m0/s1. The molecular weight excluding hydrogens is 462 g/mol. The summed E-state index contributed by atoms with van der Waals surface area (Å²) in [6.07, 6.45) is 3.12. The number of thioether (sulfide) groups is 1. The van der Waals surface area contributed by atoms with E-state index >= 15 is 0 Å². The van der Waals surface area contributed by atoms with Gasteiger partial charge in [0.2, 0.25) is 0 Å². The van der Waals surface area contributed by atoms with Crippen molar-refractivity contribution in [3.63, 3.8) is 0 Å². The maximum absolute atomic E-state index is 14.8. The average molecular weight is 495 g/mol. The zero-order valence-electron chi connectivity index (χ0n) is 19.8. The minimum absolute atomic E-state index is 0.0321. The molecule has 1 saturated heterocycles. The fourth-order valence-corrected chi connectivity index (χ4v) is 5.55. The van der Waals surface area contributed by atoms with Gasteiger partial charge in [0.05, 0.1) is 17.8 Å². The molecule has 34 heavy (non-hydrogen) atoms. The molecule has 0 unspecified atom stereocenters. The number of halogens is 2. The lowest BCUT2D eigenvalue weighted by Crippen LogP contribution is -2.47. The van der Waals surface area contributed by atoms with Crippen molar-refractivity contribution >= 4 is 34.4 Å². The molecule has 7 nitrogen and oxygen atoms in total. The summed E-state index contributed by atoms with van der Waals surface area (Å²) < 4.78 is 34.8. The van der Waals surface area contributed by atoms with E-state index in [2.05, 4.69) is 15.3 Å². The van der Waals surface area contributed by atoms with Crippen molar-refractivity contribution in [2.24, 2.45) is 0 Å². The number of anilines is 1. The molecule has 1 aliphatic carbocycles. The molecule has 1 aliphatic heterocycles. The van der Waals surface area contributed by atoms with Crippen molar-refractivity contribution in [1.29, 1.82) is 0 Å². The lowest BCUT2D eigenvalue weighted by atomic mass is 10.1. The highest BCUT2D eigenvalue weighted by molar-refractivity contribution is 7.99. The third-order valence-electron chi connectivity index (χ3n) is 6.10. The molecule has 2 fully saturated rings. The number of aromatic amines is 1. The summed E-state index contributed by atoms with van der Waals surface area (Å²) in [5, 5.41) is 2.93. The number of aromatic nitrogens is 2. The van der Waals surface area contributed by atoms with Gasteiger partial charge in [0, 0.05) is 23.5 Å². The summed E-state index contributed by atoms with van der Waals surface area (Å²) in [5.74, 6) is 0.0518. The summed E-state index contributed by atoms with van der Waals surface area (Å²) >= 11 is 1.34.